The number of hydrogen-bond acceptors (Lipinski definition) is 5. The van der Waals surface area contributed by atoms with Crippen LogP contribution in [-0.2, 0) is 21.2 Å². The first-order valence-corrected chi connectivity index (χ1v) is 11.6. The van der Waals surface area contributed by atoms with E-state index >= 15 is 0 Å². The number of ether oxygens (including phenoxy) is 2. The summed E-state index contributed by atoms with van der Waals surface area (Å²) < 4.78 is 51.2. The van der Waals surface area contributed by atoms with Crippen LogP contribution in [0.3, 0.4) is 0 Å². The van der Waals surface area contributed by atoms with E-state index in [0.717, 1.165) is 22.0 Å². The molecule has 0 saturated heterocycles. The topological polar surface area (TPSA) is 84.9 Å². The highest BCUT2D eigenvalue weighted by Gasteiger charge is 2.27. The van der Waals surface area contributed by atoms with Crippen LogP contribution < -0.4 is 19.1 Å². The summed E-state index contributed by atoms with van der Waals surface area (Å²) in [6, 6.07) is 18.2. The number of halogens is 1. The van der Waals surface area contributed by atoms with E-state index in [9.17, 15) is 17.6 Å². The highest BCUT2D eigenvalue weighted by Crippen LogP contribution is 2.27. The zero-order valence-corrected chi connectivity index (χ0v) is 19.1. The van der Waals surface area contributed by atoms with E-state index in [1.54, 1.807) is 50.6 Å². The molecule has 0 aromatic heterocycles. The van der Waals surface area contributed by atoms with Crippen molar-refractivity contribution in [2.24, 2.45) is 0 Å². The number of nitrogens with zero attached hydrogens (tertiary/aromatic N) is 1. The quantitative estimate of drug-likeness (QED) is 0.489. The Morgan fingerprint density at radius 1 is 0.939 bits per heavy atom. The van der Waals surface area contributed by atoms with Crippen LogP contribution >= 0.6 is 0 Å². The van der Waals surface area contributed by atoms with E-state index in [0.29, 0.717) is 30.2 Å². The van der Waals surface area contributed by atoms with Crippen LogP contribution in [0.15, 0.2) is 77.7 Å². The maximum atomic E-state index is 13.3. The molecule has 0 radical (unpaired) electrons. The smallest absolute Gasteiger partial charge is 0.264 e. The fourth-order valence-electron chi connectivity index (χ4n) is 3.21. The molecule has 0 fully saturated rings. The molecule has 1 amide bonds. The summed E-state index contributed by atoms with van der Waals surface area (Å²) in [5.41, 5.74) is 1.25. The first-order chi connectivity index (χ1) is 15.8. The predicted octanol–water partition coefficient (Wildman–Crippen LogP) is 3.40. The molecule has 1 N–H and O–H groups in total. The van der Waals surface area contributed by atoms with Crippen molar-refractivity contribution in [3.05, 3.63) is 84.2 Å². The third-order valence-corrected chi connectivity index (χ3v) is 6.70. The lowest BCUT2D eigenvalue weighted by molar-refractivity contribution is -0.119. The van der Waals surface area contributed by atoms with E-state index in [1.807, 2.05) is 12.1 Å². The van der Waals surface area contributed by atoms with Gasteiger partial charge in [0.25, 0.3) is 10.0 Å². The summed E-state index contributed by atoms with van der Waals surface area (Å²) in [4.78, 5) is 12.5. The van der Waals surface area contributed by atoms with Gasteiger partial charge in [0, 0.05) is 6.54 Å². The van der Waals surface area contributed by atoms with Crippen molar-refractivity contribution >= 4 is 21.6 Å². The second-order valence-electron chi connectivity index (χ2n) is 7.09. The van der Waals surface area contributed by atoms with Gasteiger partial charge in [0.15, 0.2) is 11.5 Å². The summed E-state index contributed by atoms with van der Waals surface area (Å²) in [6.45, 7) is -0.122. The van der Waals surface area contributed by atoms with Crippen LogP contribution in [0.4, 0.5) is 10.1 Å². The fourth-order valence-corrected chi connectivity index (χ4v) is 4.63. The van der Waals surface area contributed by atoms with Crippen LogP contribution in [0.5, 0.6) is 11.5 Å². The summed E-state index contributed by atoms with van der Waals surface area (Å²) in [5.74, 6) is 0.176. The van der Waals surface area contributed by atoms with Crippen molar-refractivity contribution < 1.29 is 27.1 Å². The van der Waals surface area contributed by atoms with Crippen molar-refractivity contribution in [2.75, 3.05) is 31.6 Å². The second kappa shape index (κ2) is 10.8. The van der Waals surface area contributed by atoms with Gasteiger partial charge in [0.1, 0.15) is 12.4 Å². The molecule has 0 atom stereocenters. The summed E-state index contributed by atoms with van der Waals surface area (Å²) in [6.07, 6.45) is 0.516. The van der Waals surface area contributed by atoms with Gasteiger partial charge in [-0.15, -0.1) is 0 Å². The number of methoxy groups -OCH3 is 2. The van der Waals surface area contributed by atoms with Crippen molar-refractivity contribution in [3.8, 4) is 11.5 Å². The average Bonchev–Trinajstić information content (AvgIpc) is 2.83. The predicted molar refractivity (Wildman–Crippen MR) is 124 cm³/mol. The molecule has 3 rings (SSSR count). The Morgan fingerprint density at radius 3 is 2.24 bits per heavy atom. The summed E-state index contributed by atoms with van der Waals surface area (Å²) >= 11 is 0. The Bertz CT molecular complexity index is 1190. The highest BCUT2D eigenvalue weighted by molar-refractivity contribution is 7.92. The molecule has 9 heteroatoms. The van der Waals surface area contributed by atoms with Gasteiger partial charge in [0.2, 0.25) is 5.91 Å². The number of carbonyl (C=O) groups excluding carboxylic acids is 1. The summed E-state index contributed by atoms with van der Waals surface area (Å²) in [5, 5.41) is 2.75. The minimum Gasteiger partial charge on any atom is -0.493 e. The zero-order valence-electron chi connectivity index (χ0n) is 18.3. The van der Waals surface area contributed by atoms with E-state index in [-0.39, 0.29) is 4.90 Å². The van der Waals surface area contributed by atoms with Gasteiger partial charge in [-0.05, 0) is 60.5 Å². The lowest BCUT2D eigenvalue weighted by Gasteiger charge is -2.24. The molecule has 0 aliphatic heterocycles. The third-order valence-electron chi connectivity index (χ3n) is 4.92. The molecule has 33 heavy (non-hydrogen) atoms. The van der Waals surface area contributed by atoms with Crippen molar-refractivity contribution in [1.29, 1.82) is 0 Å². The monoisotopic (exact) mass is 472 g/mol. The number of amides is 1. The van der Waals surface area contributed by atoms with Crippen LogP contribution in [0.2, 0.25) is 0 Å². The Hall–Kier alpha value is -3.59. The maximum absolute atomic E-state index is 13.3. The molecule has 0 unspecified atom stereocenters. The number of benzene rings is 3. The van der Waals surface area contributed by atoms with Gasteiger partial charge < -0.3 is 14.8 Å². The van der Waals surface area contributed by atoms with E-state index < -0.39 is 28.3 Å². The minimum absolute atomic E-state index is 0.106. The standard InChI is InChI=1S/C24H25FN2O5S/c1-31-22-13-8-18(16-23(22)32-2)14-15-26-24(28)17-27(20-6-4-3-5-7-20)33(29,30)21-11-9-19(25)10-12-21/h3-13,16H,14-15,17H2,1-2H3,(H,26,28). The molecular formula is C24H25FN2O5S. The van der Waals surface area contributed by atoms with Crippen molar-refractivity contribution in [3.63, 3.8) is 0 Å². The van der Waals surface area contributed by atoms with Crippen LogP contribution in [0, 0.1) is 5.82 Å². The second-order valence-corrected chi connectivity index (χ2v) is 8.95. The molecule has 3 aromatic carbocycles. The largest absolute Gasteiger partial charge is 0.493 e. The zero-order chi connectivity index (χ0) is 23.8. The molecule has 0 spiro atoms. The van der Waals surface area contributed by atoms with E-state index in [4.69, 9.17) is 9.47 Å². The highest BCUT2D eigenvalue weighted by atomic mass is 32.2. The molecule has 174 valence electrons. The van der Waals surface area contributed by atoms with Crippen LogP contribution in [0.25, 0.3) is 0 Å². The molecule has 0 saturated carbocycles. The molecule has 0 aliphatic rings. The maximum Gasteiger partial charge on any atom is 0.264 e. The van der Waals surface area contributed by atoms with Gasteiger partial charge >= 0.3 is 0 Å². The molecule has 7 nitrogen and oxygen atoms in total. The number of rotatable bonds is 10. The lowest BCUT2D eigenvalue weighted by atomic mass is 10.1. The fraction of sp³-hybridized carbons (Fsp3) is 0.208. The van der Waals surface area contributed by atoms with Gasteiger partial charge in [-0.25, -0.2) is 12.8 Å². The van der Waals surface area contributed by atoms with Crippen LogP contribution in [-0.4, -0.2) is 41.6 Å². The Morgan fingerprint density at radius 2 is 1.61 bits per heavy atom. The SMILES string of the molecule is COc1ccc(CCNC(=O)CN(c2ccccc2)S(=O)(=O)c2ccc(F)cc2)cc1OC. The number of hydrogen-bond donors (Lipinski definition) is 1. The first-order valence-electron chi connectivity index (χ1n) is 10.2. The number of carbonyl (C=O) groups is 1. The number of para-hydroxylation sites is 1. The molecule has 0 heterocycles. The summed E-state index contributed by atoms with van der Waals surface area (Å²) in [7, 11) is -0.988. The first kappa shape index (κ1) is 24.1. The van der Waals surface area contributed by atoms with Gasteiger partial charge in [0.05, 0.1) is 24.8 Å². The average molecular weight is 473 g/mol. The van der Waals surface area contributed by atoms with Gasteiger partial charge in [-0.1, -0.05) is 24.3 Å². The van der Waals surface area contributed by atoms with Crippen molar-refractivity contribution in [2.45, 2.75) is 11.3 Å². The minimum atomic E-state index is -4.08. The number of nitrogens with one attached hydrogen (secondary N) is 1. The molecule has 0 aliphatic carbocycles. The Balaban J connectivity index is 1.71. The molecular weight excluding hydrogens is 447 g/mol. The third kappa shape index (κ3) is 6.01. The molecule has 0 bridgehead atoms. The van der Waals surface area contributed by atoms with E-state index in [2.05, 4.69) is 5.32 Å². The van der Waals surface area contributed by atoms with E-state index in [1.165, 1.54) is 12.1 Å². The van der Waals surface area contributed by atoms with Gasteiger partial charge in [-0.2, -0.15) is 0 Å². The normalized spacial score (nSPS) is 11.0. The van der Waals surface area contributed by atoms with Crippen LogP contribution in [0.1, 0.15) is 5.56 Å². The Kier molecular flexibility index (Phi) is 7.89. The number of anilines is 1. The van der Waals surface area contributed by atoms with Gasteiger partial charge in [-0.3, -0.25) is 9.10 Å². The van der Waals surface area contributed by atoms with Crippen molar-refractivity contribution in [1.82, 2.24) is 5.32 Å². The molecule has 3 aromatic rings. The number of sulfonamides is 1. The lowest BCUT2D eigenvalue weighted by Crippen LogP contribution is -2.41. The Labute approximate surface area is 192 Å².